The van der Waals surface area contributed by atoms with Gasteiger partial charge >= 0.3 is 23.9 Å². The summed E-state index contributed by atoms with van der Waals surface area (Å²) in [6.07, 6.45) is -10.5. The number of hydrogen-bond acceptors (Lipinski definition) is 14. The molecule has 328 valence electrons. The average molecular weight is 854 g/mol. The summed E-state index contributed by atoms with van der Waals surface area (Å²) in [5.41, 5.74) is -7.02. The summed E-state index contributed by atoms with van der Waals surface area (Å²) in [6, 6.07) is 22.9. The monoisotopic (exact) mass is 853 g/mol. The first-order chi connectivity index (χ1) is 29.3. The Kier molecular flexibility index (Phi) is 11.8. The van der Waals surface area contributed by atoms with Crippen molar-refractivity contribution in [1.82, 2.24) is 5.32 Å². The molecule has 11 atom stereocenters. The van der Waals surface area contributed by atoms with Crippen molar-refractivity contribution >= 4 is 35.6 Å². The number of aliphatic hydroxyl groups excluding tert-OH is 2. The van der Waals surface area contributed by atoms with E-state index in [9.17, 15) is 39.3 Å². The lowest BCUT2D eigenvalue weighted by molar-refractivity contribution is -0.346. The molecular formula is C47H51NO14. The van der Waals surface area contributed by atoms with E-state index in [4.69, 9.17) is 23.7 Å². The number of esters is 4. The second kappa shape index (κ2) is 16.5. The zero-order valence-electron chi connectivity index (χ0n) is 35.2. The topological polar surface area (TPSA) is 221 Å². The van der Waals surface area contributed by atoms with E-state index in [1.807, 2.05) is 0 Å². The summed E-state index contributed by atoms with van der Waals surface area (Å²) in [6.45, 7) is 7.97. The van der Waals surface area contributed by atoms with Gasteiger partial charge in [-0.25, -0.2) is 9.59 Å². The normalized spacial score (nSPS) is 31.9. The molecule has 62 heavy (non-hydrogen) atoms. The molecule has 7 rings (SSSR count). The molecule has 1 saturated heterocycles. The molecule has 3 aromatic rings. The largest absolute Gasteiger partial charge is 0.456 e. The minimum Gasteiger partial charge on any atom is -0.456 e. The smallest absolute Gasteiger partial charge is 0.338 e. The molecule has 1 heterocycles. The van der Waals surface area contributed by atoms with Crippen molar-refractivity contribution in [2.24, 2.45) is 16.7 Å². The molecule has 0 spiro atoms. The summed E-state index contributed by atoms with van der Waals surface area (Å²) < 4.78 is 30.3. The van der Waals surface area contributed by atoms with Crippen molar-refractivity contribution in [3.63, 3.8) is 0 Å². The van der Waals surface area contributed by atoms with Gasteiger partial charge in [0.1, 0.15) is 23.9 Å². The van der Waals surface area contributed by atoms with Crippen LogP contribution in [0.5, 0.6) is 0 Å². The molecule has 15 nitrogen and oxygen atoms in total. The number of hydrogen-bond donors (Lipinski definition) is 4. The van der Waals surface area contributed by atoms with Crippen molar-refractivity contribution in [3.8, 4) is 0 Å². The predicted octanol–water partition coefficient (Wildman–Crippen LogP) is 3.74. The maximum atomic E-state index is 15.5. The van der Waals surface area contributed by atoms with Crippen LogP contribution in [0.1, 0.15) is 86.7 Å². The van der Waals surface area contributed by atoms with Crippen LogP contribution in [0.2, 0.25) is 0 Å². The number of carbonyl (C=O) groups excluding carboxylic acids is 6. The molecule has 3 fully saturated rings. The van der Waals surface area contributed by atoms with Crippen LogP contribution in [0.15, 0.2) is 102 Å². The fourth-order valence-electron chi connectivity index (χ4n) is 10.2. The lowest BCUT2D eigenvalue weighted by Crippen LogP contribution is -2.82. The third-order valence-corrected chi connectivity index (χ3v) is 13.5. The fourth-order valence-corrected chi connectivity index (χ4v) is 10.2. The Labute approximate surface area is 358 Å². The van der Waals surface area contributed by atoms with Crippen molar-refractivity contribution in [2.75, 3.05) is 6.61 Å². The lowest BCUT2D eigenvalue weighted by atomic mass is 9.44. The van der Waals surface area contributed by atoms with Gasteiger partial charge in [0.15, 0.2) is 23.6 Å². The summed E-state index contributed by atoms with van der Waals surface area (Å²) in [5, 5.41) is 40.2. The number of rotatable bonds is 10. The zero-order chi connectivity index (χ0) is 44.9. The number of benzene rings is 3. The lowest BCUT2D eigenvalue weighted by Gasteiger charge is -2.67. The molecule has 2 bridgehead atoms. The Balaban J connectivity index is 1.39. The second-order valence-corrected chi connectivity index (χ2v) is 17.4. The van der Waals surface area contributed by atoms with Gasteiger partial charge in [-0.3, -0.25) is 19.2 Å². The Morgan fingerprint density at radius 2 is 1.40 bits per heavy atom. The van der Waals surface area contributed by atoms with E-state index < -0.39 is 113 Å². The van der Waals surface area contributed by atoms with Crippen molar-refractivity contribution in [1.29, 1.82) is 0 Å². The van der Waals surface area contributed by atoms with Gasteiger partial charge in [0.2, 0.25) is 0 Å². The first-order valence-corrected chi connectivity index (χ1v) is 20.5. The van der Waals surface area contributed by atoms with Crippen molar-refractivity contribution in [2.45, 2.75) is 108 Å². The zero-order valence-corrected chi connectivity index (χ0v) is 35.2. The van der Waals surface area contributed by atoms with E-state index in [1.54, 1.807) is 92.7 Å². The second-order valence-electron chi connectivity index (χ2n) is 17.4. The molecule has 15 heteroatoms. The highest BCUT2D eigenvalue weighted by Crippen LogP contribution is 2.64. The van der Waals surface area contributed by atoms with E-state index in [0.29, 0.717) is 5.56 Å². The Bertz CT molecular complexity index is 2280. The molecule has 3 aromatic carbocycles. The fraction of sp³-hybridized carbons (Fsp3) is 0.447. The first-order valence-electron chi connectivity index (χ1n) is 20.5. The predicted molar refractivity (Wildman–Crippen MR) is 218 cm³/mol. The number of aliphatic hydroxyl groups is 3. The summed E-state index contributed by atoms with van der Waals surface area (Å²) in [5.74, 6) is -6.84. The van der Waals surface area contributed by atoms with Crippen LogP contribution in [0.25, 0.3) is 0 Å². The number of ketones is 1. The Morgan fingerprint density at radius 1 is 0.823 bits per heavy atom. The molecule has 0 radical (unpaired) electrons. The summed E-state index contributed by atoms with van der Waals surface area (Å²) in [7, 11) is 0. The van der Waals surface area contributed by atoms with Gasteiger partial charge in [-0.05, 0) is 54.8 Å². The number of ether oxygens (including phenoxy) is 5. The SMILES string of the molecule is CC(=O)O[C@H]1C(=O)[C@]2(C)[C@@H](O)CC3OC[C@@]3(OC(C)=O)[C@H]2[C@H](OC(=O)c2ccccc2)C2(O)CC(OC(=O)[C@H](O)[C@@H](NC(=O)c3ccccc3)c3ccccc3)C(C)=C1C2(C)C. The van der Waals surface area contributed by atoms with E-state index in [-0.39, 0.29) is 35.3 Å². The van der Waals surface area contributed by atoms with Gasteiger partial charge in [-0.2, -0.15) is 0 Å². The minimum atomic E-state index is -2.39. The van der Waals surface area contributed by atoms with Crippen molar-refractivity contribution in [3.05, 3.63) is 119 Å². The van der Waals surface area contributed by atoms with Gasteiger partial charge in [0.25, 0.3) is 5.91 Å². The summed E-state index contributed by atoms with van der Waals surface area (Å²) in [4.78, 5) is 83.5. The molecule has 0 aromatic heterocycles. The van der Waals surface area contributed by atoms with Crippen LogP contribution in [0.3, 0.4) is 0 Å². The Morgan fingerprint density at radius 3 is 1.95 bits per heavy atom. The van der Waals surface area contributed by atoms with Gasteiger partial charge in [-0.15, -0.1) is 0 Å². The Hall–Kier alpha value is -5.74. The molecule has 1 amide bonds. The van der Waals surface area contributed by atoms with E-state index in [1.165, 1.54) is 26.0 Å². The third-order valence-electron chi connectivity index (χ3n) is 13.5. The number of nitrogens with one attached hydrogen (secondary N) is 1. The van der Waals surface area contributed by atoms with E-state index in [0.717, 1.165) is 13.8 Å². The number of carbonyl (C=O) groups is 6. The minimum absolute atomic E-state index is 0.00289. The van der Waals surface area contributed by atoms with Gasteiger partial charge in [0.05, 0.1) is 35.6 Å². The average Bonchev–Trinajstić information content (AvgIpc) is 3.24. The molecule has 1 aliphatic heterocycles. The maximum Gasteiger partial charge on any atom is 0.338 e. The maximum absolute atomic E-state index is 15.5. The van der Waals surface area contributed by atoms with Crippen LogP contribution >= 0.6 is 0 Å². The van der Waals surface area contributed by atoms with Gasteiger partial charge in [-0.1, -0.05) is 80.6 Å². The first kappa shape index (κ1) is 44.3. The molecule has 3 aliphatic carbocycles. The molecule has 2 saturated carbocycles. The molecule has 4 N–H and O–H groups in total. The number of amides is 1. The molecule has 4 aliphatic rings. The van der Waals surface area contributed by atoms with Gasteiger partial charge in [0, 0.05) is 37.7 Å². The van der Waals surface area contributed by atoms with Crippen molar-refractivity contribution < 1.29 is 67.8 Å². The highest BCUT2D eigenvalue weighted by atomic mass is 16.6. The quantitative estimate of drug-likeness (QED) is 0.130. The highest BCUT2D eigenvalue weighted by molar-refractivity contribution is 5.96. The highest BCUT2D eigenvalue weighted by Gasteiger charge is 2.78. The van der Waals surface area contributed by atoms with Crippen LogP contribution in [0, 0.1) is 16.7 Å². The molecular weight excluding hydrogens is 803 g/mol. The summed E-state index contributed by atoms with van der Waals surface area (Å²) >= 11 is 0. The third kappa shape index (κ3) is 7.29. The van der Waals surface area contributed by atoms with Gasteiger partial charge < -0.3 is 44.3 Å². The number of fused-ring (bicyclic) bond motifs is 5. The molecule has 3 unspecified atom stereocenters. The van der Waals surface area contributed by atoms with E-state index in [2.05, 4.69) is 5.32 Å². The van der Waals surface area contributed by atoms with Crippen LogP contribution in [-0.2, 0) is 42.9 Å². The van der Waals surface area contributed by atoms with Crippen LogP contribution < -0.4 is 5.32 Å². The number of Topliss-reactive ketones (excluding diaryl/α,β-unsaturated/α-hetero) is 1. The van der Waals surface area contributed by atoms with Crippen LogP contribution in [0.4, 0.5) is 0 Å². The van der Waals surface area contributed by atoms with Crippen LogP contribution in [-0.4, -0.2) is 105 Å². The van der Waals surface area contributed by atoms with E-state index >= 15 is 4.79 Å². The standard InChI is InChI=1S/C47H51NO14/c1-25-31(60-43(56)36(52)35(28-16-10-7-11-17-28)48-41(54)29-18-12-8-13-19-29)23-47(57)40(61-42(55)30-20-14-9-15-21-30)38-45(6,32(51)22-33-46(38,24-58-33)62-27(3)50)39(53)37(59-26(2)49)34(25)44(47,4)5/h7-21,31-33,35-38,40,51-52,57H,22-24H2,1-6H3,(H,48,54)/t31?,32-,33?,35-,36+,37+,38-,40-,45+,46-,47?/m0/s1.